The number of piperidine rings is 1. The summed E-state index contributed by atoms with van der Waals surface area (Å²) in [6.45, 7) is 4.73. The highest BCUT2D eigenvalue weighted by Gasteiger charge is 2.33. The first-order valence-electron chi connectivity index (χ1n) is 13.2. The van der Waals surface area contributed by atoms with Gasteiger partial charge in [0.2, 0.25) is 0 Å². The third-order valence-corrected chi connectivity index (χ3v) is 6.96. The molecule has 6 rings (SSSR count). The Labute approximate surface area is 235 Å². The molecule has 0 aliphatic carbocycles. The van der Waals surface area contributed by atoms with E-state index in [1.54, 1.807) is 57.2 Å². The van der Waals surface area contributed by atoms with Crippen molar-refractivity contribution in [1.82, 2.24) is 44.6 Å². The van der Waals surface area contributed by atoms with E-state index in [-0.39, 0.29) is 24.5 Å². The molecule has 0 unspecified atom stereocenters. The molecule has 0 spiro atoms. The average molecular weight is 550 g/mol. The lowest BCUT2D eigenvalue weighted by Gasteiger charge is -2.35. The van der Waals surface area contributed by atoms with Gasteiger partial charge in [-0.1, -0.05) is 5.21 Å². The van der Waals surface area contributed by atoms with Gasteiger partial charge in [-0.05, 0) is 38.5 Å². The molecule has 1 aliphatic heterocycles. The van der Waals surface area contributed by atoms with Crippen LogP contribution in [0.3, 0.4) is 0 Å². The largest absolute Gasteiger partial charge is 0.389 e. The Bertz CT molecular complexity index is 1760. The van der Waals surface area contributed by atoms with Crippen molar-refractivity contribution < 1.29 is 9.90 Å². The number of hydrogen-bond acceptors (Lipinski definition) is 10. The smallest absolute Gasteiger partial charge is 0.255 e. The van der Waals surface area contributed by atoms with Crippen LogP contribution < -0.4 is 5.32 Å². The molecule has 2 N–H and O–H groups in total. The van der Waals surface area contributed by atoms with Crippen LogP contribution in [-0.2, 0) is 0 Å². The summed E-state index contributed by atoms with van der Waals surface area (Å²) in [4.78, 5) is 27.5. The second kappa shape index (κ2) is 10.7. The fourth-order valence-electron chi connectivity index (χ4n) is 4.99. The highest BCUT2D eigenvalue weighted by atomic mass is 16.3. The van der Waals surface area contributed by atoms with Gasteiger partial charge in [0.05, 0.1) is 35.7 Å². The maximum Gasteiger partial charge on any atom is 0.255 e. The predicted octanol–water partition coefficient (Wildman–Crippen LogP) is 2.61. The summed E-state index contributed by atoms with van der Waals surface area (Å²) in [5, 5.41) is 37.5. The molecule has 0 aromatic carbocycles. The molecule has 13 heteroatoms. The van der Waals surface area contributed by atoms with E-state index in [9.17, 15) is 15.2 Å². The summed E-state index contributed by atoms with van der Waals surface area (Å²) in [6, 6.07) is 8.92. The maximum atomic E-state index is 12.8. The summed E-state index contributed by atoms with van der Waals surface area (Å²) < 4.78 is 3.29. The molecule has 1 fully saturated rings. The Kier molecular flexibility index (Phi) is 6.82. The number of β-amino-alcohol motifs (C(OH)–C–C–N with tert-alkyl or cyclic N) is 1. The Morgan fingerprint density at radius 1 is 1.20 bits per heavy atom. The van der Waals surface area contributed by atoms with Gasteiger partial charge >= 0.3 is 0 Å². The van der Waals surface area contributed by atoms with Gasteiger partial charge < -0.3 is 15.3 Å². The first kappa shape index (κ1) is 26.0. The van der Waals surface area contributed by atoms with Gasteiger partial charge in [0.25, 0.3) is 5.91 Å². The second-order valence-electron chi connectivity index (χ2n) is 10.2. The van der Waals surface area contributed by atoms with Crippen molar-refractivity contribution in [2.75, 3.05) is 18.4 Å². The van der Waals surface area contributed by atoms with E-state index in [1.807, 2.05) is 19.9 Å². The number of nitrogens with one attached hydrogen (secondary N) is 1. The first-order valence-corrected chi connectivity index (χ1v) is 13.2. The van der Waals surface area contributed by atoms with E-state index in [1.165, 1.54) is 12.4 Å². The Hall–Kier alpha value is -5.22. The molecule has 0 bridgehead atoms. The third-order valence-electron chi connectivity index (χ3n) is 6.96. The van der Waals surface area contributed by atoms with Crippen LogP contribution in [0, 0.1) is 11.3 Å². The summed E-state index contributed by atoms with van der Waals surface area (Å²) in [6.07, 6.45) is 9.53. The number of aromatic nitrogens is 8. The van der Waals surface area contributed by atoms with Gasteiger partial charge in [-0.15, -0.1) is 5.10 Å². The predicted molar refractivity (Wildman–Crippen MR) is 149 cm³/mol. The van der Waals surface area contributed by atoms with Gasteiger partial charge in [0.1, 0.15) is 11.8 Å². The highest BCUT2D eigenvalue weighted by molar-refractivity contribution is 5.94. The molecule has 1 saturated heterocycles. The van der Waals surface area contributed by atoms with Crippen LogP contribution in [-0.4, -0.2) is 80.9 Å². The van der Waals surface area contributed by atoms with Crippen molar-refractivity contribution in [3.05, 3.63) is 72.6 Å². The molecule has 41 heavy (non-hydrogen) atoms. The van der Waals surface area contributed by atoms with E-state index >= 15 is 0 Å². The van der Waals surface area contributed by atoms with Gasteiger partial charge in [0, 0.05) is 66.6 Å². The summed E-state index contributed by atoms with van der Waals surface area (Å²) >= 11 is 0. The van der Waals surface area contributed by atoms with Crippen molar-refractivity contribution in [1.29, 1.82) is 5.26 Å². The van der Waals surface area contributed by atoms with Gasteiger partial charge in [-0.2, -0.15) is 15.0 Å². The van der Waals surface area contributed by atoms with E-state index in [4.69, 9.17) is 0 Å². The monoisotopic (exact) mass is 549 g/mol. The zero-order valence-corrected chi connectivity index (χ0v) is 22.5. The maximum absolute atomic E-state index is 12.8. The quantitative estimate of drug-likeness (QED) is 0.322. The van der Waals surface area contributed by atoms with Crippen LogP contribution in [0.1, 0.15) is 42.2 Å². The lowest BCUT2D eigenvalue weighted by Crippen LogP contribution is -2.47. The molecule has 5 aromatic rings. The number of anilines is 1. The third kappa shape index (κ3) is 5.08. The number of likely N-dealkylation sites (tertiary alicyclic amines) is 1. The zero-order chi connectivity index (χ0) is 28.5. The van der Waals surface area contributed by atoms with Crippen LogP contribution in [0.4, 0.5) is 5.69 Å². The van der Waals surface area contributed by atoms with Gasteiger partial charge in [-0.3, -0.25) is 9.78 Å². The lowest BCUT2D eigenvalue weighted by atomic mass is 10.0. The number of aliphatic hydroxyl groups excluding tert-OH is 1. The zero-order valence-electron chi connectivity index (χ0n) is 22.5. The number of fused-ring (bicyclic) bond motifs is 1. The van der Waals surface area contributed by atoms with Crippen molar-refractivity contribution in [3.8, 4) is 23.1 Å². The van der Waals surface area contributed by atoms with E-state index in [2.05, 4.69) is 41.7 Å². The van der Waals surface area contributed by atoms with Crippen LogP contribution in [0.25, 0.3) is 28.1 Å². The van der Waals surface area contributed by atoms with Gasteiger partial charge in [0.15, 0.2) is 11.5 Å². The minimum atomic E-state index is -0.810. The number of nitriles is 1. The average Bonchev–Trinajstić information content (AvgIpc) is 3.64. The normalized spacial score (nSPS) is 17.1. The molecule has 13 nitrogen and oxygen atoms in total. The van der Waals surface area contributed by atoms with E-state index < -0.39 is 6.10 Å². The fraction of sp³-hybridized carbons (Fsp3) is 0.286. The van der Waals surface area contributed by atoms with Gasteiger partial charge in [-0.25, -0.2) is 14.6 Å². The second-order valence-corrected chi connectivity index (χ2v) is 10.2. The minimum Gasteiger partial charge on any atom is -0.389 e. The number of carbonyl (C=O) groups is 1. The van der Waals surface area contributed by atoms with E-state index in [0.717, 1.165) is 16.6 Å². The molecule has 0 radical (unpaired) electrons. The molecule has 1 amide bonds. The molecule has 0 saturated carbocycles. The number of carbonyl (C=O) groups excluding carboxylic acids is 1. The Morgan fingerprint density at radius 3 is 2.83 bits per heavy atom. The molecular weight excluding hydrogens is 522 g/mol. The SMILES string of the molecule is CC(C)Nc1cc(-n2ncc3cc(C#N)cnc32)ncc1-c1cn([C@H]2CCN(C(=O)c3cccnc3)C[C@H]2O)nn1. The van der Waals surface area contributed by atoms with Crippen LogP contribution >= 0.6 is 0 Å². The number of aliphatic hydroxyl groups is 1. The number of hydrogen-bond donors (Lipinski definition) is 2. The standard InChI is InChI=1S/C28H27N11O2/c1-17(2)34-22-9-26(39-27-20(13-33-39)8-18(10-29)11-32-27)31-14-21(22)23-15-38(36-35-23)24-5-7-37(16-25(24)40)28(41)19-4-3-6-30-12-19/h3-4,6,8-9,11-15,17,24-25,40H,5,7,16H2,1-2H3,(H,31,34)/t24-,25+/m0/s1. The van der Waals surface area contributed by atoms with E-state index in [0.29, 0.717) is 41.3 Å². The van der Waals surface area contributed by atoms with Crippen molar-refractivity contribution in [2.24, 2.45) is 0 Å². The van der Waals surface area contributed by atoms with Crippen LogP contribution in [0.15, 0.2) is 61.4 Å². The Morgan fingerprint density at radius 2 is 2.07 bits per heavy atom. The topological polar surface area (TPSA) is 164 Å². The number of pyridine rings is 3. The fourth-order valence-corrected chi connectivity index (χ4v) is 4.99. The first-order chi connectivity index (χ1) is 19.9. The van der Waals surface area contributed by atoms with Crippen molar-refractivity contribution in [2.45, 2.75) is 38.5 Å². The molecular formula is C28H27N11O2. The number of rotatable bonds is 6. The number of nitrogens with zero attached hydrogens (tertiary/aromatic N) is 10. The van der Waals surface area contributed by atoms with Crippen LogP contribution in [0.5, 0.6) is 0 Å². The molecule has 206 valence electrons. The summed E-state index contributed by atoms with van der Waals surface area (Å²) in [5.41, 5.74) is 3.66. The Balaban J connectivity index is 1.25. The summed E-state index contributed by atoms with van der Waals surface area (Å²) in [7, 11) is 0. The van der Waals surface area contributed by atoms with Crippen molar-refractivity contribution in [3.63, 3.8) is 0 Å². The lowest BCUT2D eigenvalue weighted by molar-refractivity contribution is 0.0198. The summed E-state index contributed by atoms with van der Waals surface area (Å²) in [5.74, 6) is 0.397. The molecule has 6 heterocycles. The molecule has 1 aliphatic rings. The van der Waals surface area contributed by atoms with Crippen molar-refractivity contribution >= 4 is 22.6 Å². The molecule has 2 atom stereocenters. The van der Waals surface area contributed by atoms with Crippen LogP contribution in [0.2, 0.25) is 0 Å². The molecule has 5 aromatic heterocycles. The number of amides is 1. The minimum absolute atomic E-state index is 0.119. The highest BCUT2D eigenvalue weighted by Crippen LogP contribution is 2.31.